The van der Waals surface area contributed by atoms with Crippen LogP contribution in [0.15, 0.2) is 43.1 Å². The van der Waals surface area contributed by atoms with Crippen LogP contribution in [-0.2, 0) is 6.42 Å². The summed E-state index contributed by atoms with van der Waals surface area (Å²) in [6, 6.07) is 10.6. The maximum absolute atomic E-state index is 3.82. The molecule has 1 aromatic rings. The van der Waals surface area contributed by atoms with E-state index >= 15 is 0 Å². The van der Waals surface area contributed by atoms with E-state index in [0.717, 1.165) is 17.4 Å². The van der Waals surface area contributed by atoms with E-state index in [9.17, 15) is 0 Å². The third-order valence-corrected chi connectivity index (χ3v) is 2.31. The van der Waals surface area contributed by atoms with Gasteiger partial charge in [-0.3, -0.25) is 0 Å². The molecule has 0 amide bonds. The molecule has 0 radical (unpaired) electrons. The van der Waals surface area contributed by atoms with Crippen LogP contribution in [0.1, 0.15) is 5.56 Å². The minimum Gasteiger partial charge on any atom is -0.302 e. The first-order valence-electron chi connectivity index (χ1n) is 4.64. The highest BCUT2D eigenvalue weighted by Gasteiger charge is 2.08. The average molecular weight is 176 g/mol. The molecule has 0 saturated carbocycles. The fraction of sp³-hybridized carbons (Fsp3) is 0.333. The Labute approximate surface area is 80.9 Å². The Morgan fingerprint density at radius 3 is 2.38 bits per heavy atom. The van der Waals surface area contributed by atoms with Gasteiger partial charge < -0.3 is 4.48 Å². The van der Waals surface area contributed by atoms with Crippen molar-refractivity contribution in [1.82, 2.24) is 0 Å². The van der Waals surface area contributed by atoms with Gasteiger partial charge in [0.1, 0.15) is 0 Å². The van der Waals surface area contributed by atoms with E-state index in [0.29, 0.717) is 0 Å². The summed E-state index contributed by atoms with van der Waals surface area (Å²) in [5.41, 5.74) is 1.40. The number of quaternary nitrogens is 1. The van der Waals surface area contributed by atoms with Crippen molar-refractivity contribution in [2.45, 2.75) is 6.42 Å². The van der Waals surface area contributed by atoms with Crippen LogP contribution in [0.2, 0.25) is 0 Å². The minimum atomic E-state index is 0.870. The van der Waals surface area contributed by atoms with Crippen LogP contribution in [-0.4, -0.2) is 25.1 Å². The third kappa shape index (κ3) is 3.43. The Balaban J connectivity index is 2.48. The van der Waals surface area contributed by atoms with Crippen LogP contribution >= 0.6 is 0 Å². The van der Waals surface area contributed by atoms with Crippen molar-refractivity contribution < 1.29 is 4.48 Å². The normalized spacial score (nSPS) is 11.2. The molecule has 0 aliphatic carbocycles. The average Bonchev–Trinajstić information content (AvgIpc) is 2.17. The van der Waals surface area contributed by atoms with Crippen LogP contribution in [0.5, 0.6) is 0 Å². The van der Waals surface area contributed by atoms with Gasteiger partial charge in [0, 0.05) is 6.42 Å². The van der Waals surface area contributed by atoms with Crippen molar-refractivity contribution in [1.29, 1.82) is 0 Å². The summed E-state index contributed by atoms with van der Waals surface area (Å²) in [4.78, 5) is 0. The molecule has 0 bridgehead atoms. The van der Waals surface area contributed by atoms with Gasteiger partial charge in [-0.25, -0.2) is 0 Å². The largest absolute Gasteiger partial charge is 0.302 e. The summed E-state index contributed by atoms with van der Waals surface area (Å²) in [7, 11) is 4.33. The van der Waals surface area contributed by atoms with E-state index < -0.39 is 0 Å². The lowest BCUT2D eigenvalue weighted by Gasteiger charge is -2.24. The van der Waals surface area contributed by atoms with Gasteiger partial charge in [0.25, 0.3) is 0 Å². The lowest BCUT2D eigenvalue weighted by molar-refractivity contribution is -0.838. The Hall–Kier alpha value is -1.08. The molecule has 1 heteroatoms. The van der Waals surface area contributed by atoms with E-state index in [4.69, 9.17) is 0 Å². The number of benzene rings is 1. The summed E-state index contributed by atoms with van der Waals surface area (Å²) in [6.07, 6.45) is 3.09. The highest BCUT2D eigenvalue weighted by Crippen LogP contribution is 2.04. The third-order valence-electron chi connectivity index (χ3n) is 2.31. The van der Waals surface area contributed by atoms with Gasteiger partial charge in [-0.1, -0.05) is 30.3 Å². The van der Waals surface area contributed by atoms with Crippen LogP contribution in [0.4, 0.5) is 0 Å². The maximum atomic E-state index is 3.82. The summed E-state index contributed by atoms with van der Waals surface area (Å²) in [5, 5.41) is 0. The molecule has 70 valence electrons. The molecule has 1 aromatic carbocycles. The topological polar surface area (TPSA) is 0 Å². The first kappa shape index (κ1) is 10.0. The molecule has 0 unspecified atom stereocenters. The number of likely N-dealkylation sites (N-methyl/N-ethyl adjacent to an activating group) is 1. The molecule has 0 aromatic heterocycles. The standard InChI is InChI=1S/C12H18N/c1-4-13(2,3)11-10-12-8-6-5-7-9-12/h4-9H,1,10-11H2,2-3H3/q+1. The lowest BCUT2D eigenvalue weighted by Crippen LogP contribution is -2.34. The maximum Gasteiger partial charge on any atom is 0.0881 e. The molecule has 1 nitrogen and oxygen atoms in total. The van der Waals surface area contributed by atoms with Gasteiger partial charge in [-0.05, 0) is 12.1 Å². The van der Waals surface area contributed by atoms with Crippen molar-refractivity contribution in [3.8, 4) is 0 Å². The molecule has 0 heterocycles. The molecule has 0 aliphatic rings. The molecule has 0 atom stereocenters. The number of rotatable bonds is 4. The van der Waals surface area contributed by atoms with Gasteiger partial charge >= 0.3 is 0 Å². The molecule has 0 spiro atoms. The second kappa shape index (κ2) is 4.24. The van der Waals surface area contributed by atoms with Crippen LogP contribution in [0.3, 0.4) is 0 Å². The zero-order valence-corrected chi connectivity index (χ0v) is 8.53. The van der Waals surface area contributed by atoms with Crippen molar-refractivity contribution in [3.05, 3.63) is 48.7 Å². The first-order chi connectivity index (χ1) is 6.14. The molecule has 1 rings (SSSR count). The quantitative estimate of drug-likeness (QED) is 0.618. The van der Waals surface area contributed by atoms with E-state index in [2.05, 4.69) is 51.0 Å². The SMILES string of the molecule is C=C[N+](C)(C)CCc1ccccc1. The second-order valence-electron chi connectivity index (χ2n) is 3.92. The Morgan fingerprint density at radius 2 is 1.85 bits per heavy atom. The van der Waals surface area contributed by atoms with Crippen LogP contribution in [0.25, 0.3) is 0 Å². The Morgan fingerprint density at radius 1 is 1.23 bits per heavy atom. The summed E-state index contributed by atoms with van der Waals surface area (Å²) >= 11 is 0. The van der Waals surface area contributed by atoms with Crippen molar-refractivity contribution in [2.75, 3.05) is 20.6 Å². The summed E-state index contributed by atoms with van der Waals surface area (Å²) < 4.78 is 0.870. The monoisotopic (exact) mass is 176 g/mol. The van der Waals surface area contributed by atoms with E-state index in [-0.39, 0.29) is 0 Å². The Kier molecular flexibility index (Phi) is 3.26. The van der Waals surface area contributed by atoms with E-state index in [1.807, 2.05) is 6.20 Å². The molecule has 0 fully saturated rings. The van der Waals surface area contributed by atoms with Gasteiger partial charge in [-0.15, -0.1) is 0 Å². The fourth-order valence-corrected chi connectivity index (χ4v) is 1.15. The van der Waals surface area contributed by atoms with Gasteiger partial charge in [0.2, 0.25) is 0 Å². The molecule has 0 aliphatic heterocycles. The van der Waals surface area contributed by atoms with Gasteiger partial charge in [0.15, 0.2) is 0 Å². The highest BCUT2D eigenvalue weighted by molar-refractivity contribution is 5.14. The van der Waals surface area contributed by atoms with Crippen molar-refractivity contribution in [2.24, 2.45) is 0 Å². The van der Waals surface area contributed by atoms with Crippen LogP contribution in [0, 0.1) is 0 Å². The number of hydrogen-bond donors (Lipinski definition) is 0. The number of hydrogen-bond acceptors (Lipinski definition) is 0. The first-order valence-corrected chi connectivity index (χ1v) is 4.64. The highest BCUT2D eigenvalue weighted by atomic mass is 15.3. The summed E-state index contributed by atoms with van der Waals surface area (Å²) in [5.74, 6) is 0. The number of nitrogens with zero attached hydrogens (tertiary/aromatic N) is 1. The predicted molar refractivity (Wildman–Crippen MR) is 57.3 cm³/mol. The molecular formula is C12H18N+. The fourth-order valence-electron chi connectivity index (χ4n) is 1.15. The summed E-state index contributed by atoms with van der Waals surface area (Å²) in [6.45, 7) is 4.92. The Bertz CT molecular complexity index is 262. The molecule has 0 saturated heterocycles. The molecule has 0 N–H and O–H groups in total. The molecular weight excluding hydrogens is 158 g/mol. The molecule has 13 heavy (non-hydrogen) atoms. The van der Waals surface area contributed by atoms with Gasteiger partial charge in [0.05, 0.1) is 26.8 Å². The zero-order valence-electron chi connectivity index (χ0n) is 8.53. The second-order valence-corrected chi connectivity index (χ2v) is 3.92. The van der Waals surface area contributed by atoms with Crippen LogP contribution < -0.4 is 0 Å². The van der Waals surface area contributed by atoms with Crippen molar-refractivity contribution >= 4 is 0 Å². The predicted octanol–water partition coefficient (Wildman–Crippen LogP) is 2.45. The van der Waals surface area contributed by atoms with E-state index in [1.54, 1.807) is 0 Å². The van der Waals surface area contributed by atoms with Gasteiger partial charge in [-0.2, -0.15) is 0 Å². The smallest absolute Gasteiger partial charge is 0.0881 e. The minimum absolute atomic E-state index is 0.870. The lowest BCUT2D eigenvalue weighted by atomic mass is 10.1. The zero-order chi connectivity index (χ0) is 9.73. The van der Waals surface area contributed by atoms with E-state index in [1.165, 1.54) is 5.56 Å². The van der Waals surface area contributed by atoms with Crippen molar-refractivity contribution in [3.63, 3.8) is 0 Å².